The van der Waals surface area contributed by atoms with E-state index in [1.165, 1.54) is 16.9 Å². The molecule has 1 unspecified atom stereocenters. The minimum Gasteiger partial charge on any atom is -0.389 e. The lowest BCUT2D eigenvalue weighted by Gasteiger charge is -2.21. The first-order valence-electron chi connectivity index (χ1n) is 4.58. The van der Waals surface area contributed by atoms with Gasteiger partial charge in [0.05, 0.1) is 9.94 Å². The van der Waals surface area contributed by atoms with E-state index in [1.54, 1.807) is 13.8 Å². The Hall–Kier alpha value is -0.0900. The number of nitrogens with one attached hydrogen (secondary N) is 1. The van der Waals surface area contributed by atoms with Crippen LogP contribution in [-0.4, -0.2) is 17.3 Å². The highest BCUT2D eigenvalue weighted by atomic mass is 35.5. The molecule has 0 aliphatic rings. The van der Waals surface area contributed by atoms with Gasteiger partial charge in [0.25, 0.3) is 0 Å². The van der Waals surface area contributed by atoms with Gasteiger partial charge in [0.2, 0.25) is 0 Å². The van der Waals surface area contributed by atoms with E-state index in [1.807, 2.05) is 11.4 Å². The first-order chi connectivity index (χ1) is 6.38. The quantitative estimate of drug-likeness (QED) is 0.838. The van der Waals surface area contributed by atoms with Gasteiger partial charge in [0.15, 0.2) is 0 Å². The van der Waals surface area contributed by atoms with E-state index in [2.05, 4.69) is 12.2 Å². The van der Waals surface area contributed by atoms with Gasteiger partial charge in [0.1, 0.15) is 0 Å². The second-order valence-electron chi connectivity index (χ2n) is 4.10. The van der Waals surface area contributed by atoms with E-state index in [0.717, 1.165) is 4.34 Å². The highest BCUT2D eigenvalue weighted by Crippen LogP contribution is 2.24. The van der Waals surface area contributed by atoms with Crippen molar-refractivity contribution in [3.8, 4) is 0 Å². The van der Waals surface area contributed by atoms with Crippen molar-refractivity contribution in [3.05, 3.63) is 21.3 Å². The third-order valence-corrected chi connectivity index (χ3v) is 3.04. The van der Waals surface area contributed by atoms with Crippen LogP contribution in [0.25, 0.3) is 0 Å². The summed E-state index contributed by atoms with van der Waals surface area (Å²) in [6, 6.07) is 2.18. The lowest BCUT2D eigenvalue weighted by atomic mass is 10.1. The Bertz CT molecular complexity index is 293. The van der Waals surface area contributed by atoms with Crippen LogP contribution in [0.4, 0.5) is 0 Å². The molecule has 14 heavy (non-hydrogen) atoms. The molecule has 1 aromatic heterocycles. The Morgan fingerprint density at radius 2 is 2.29 bits per heavy atom. The molecule has 0 spiro atoms. The number of rotatable bonds is 4. The van der Waals surface area contributed by atoms with Gasteiger partial charge in [-0.3, -0.25) is 0 Å². The number of hydrogen-bond donors (Lipinski definition) is 2. The fraction of sp³-hybridized carbons (Fsp3) is 0.600. The number of hydrogen-bond acceptors (Lipinski definition) is 3. The molecule has 0 aliphatic heterocycles. The summed E-state index contributed by atoms with van der Waals surface area (Å²) in [7, 11) is 0. The minimum atomic E-state index is -0.673. The maximum Gasteiger partial charge on any atom is 0.0931 e. The van der Waals surface area contributed by atoms with E-state index in [-0.39, 0.29) is 6.04 Å². The summed E-state index contributed by atoms with van der Waals surface area (Å²) < 4.78 is 0.803. The molecule has 2 N–H and O–H groups in total. The fourth-order valence-electron chi connectivity index (χ4n) is 1.07. The molecule has 1 aromatic rings. The standard InChI is InChI=1S/C10H16ClNOS/c1-7(12-6-10(2,3)13)8-4-9(11)14-5-8/h4-5,7,12-13H,6H2,1-3H3. The summed E-state index contributed by atoms with van der Waals surface area (Å²) in [4.78, 5) is 0. The lowest BCUT2D eigenvalue weighted by molar-refractivity contribution is 0.0770. The molecule has 1 rings (SSSR count). The smallest absolute Gasteiger partial charge is 0.0931 e. The SMILES string of the molecule is CC(NCC(C)(C)O)c1csc(Cl)c1. The normalized spacial score (nSPS) is 14.4. The van der Waals surface area contributed by atoms with Crippen molar-refractivity contribution in [2.45, 2.75) is 32.4 Å². The summed E-state index contributed by atoms with van der Waals surface area (Å²) in [6.45, 7) is 6.20. The fourth-order valence-corrected chi connectivity index (χ4v) is 2.06. The van der Waals surface area contributed by atoms with Crippen LogP contribution < -0.4 is 5.32 Å². The summed E-state index contributed by atoms with van der Waals surface area (Å²) in [5, 5.41) is 14.8. The van der Waals surface area contributed by atoms with E-state index in [4.69, 9.17) is 11.6 Å². The van der Waals surface area contributed by atoms with Gasteiger partial charge in [-0.15, -0.1) is 11.3 Å². The minimum absolute atomic E-state index is 0.227. The van der Waals surface area contributed by atoms with E-state index in [9.17, 15) is 5.11 Å². The molecule has 0 aliphatic carbocycles. The van der Waals surface area contributed by atoms with E-state index < -0.39 is 5.60 Å². The molecular weight excluding hydrogens is 218 g/mol. The molecular formula is C10H16ClNOS. The second kappa shape index (κ2) is 4.62. The van der Waals surface area contributed by atoms with Crippen LogP contribution in [0, 0.1) is 0 Å². The molecule has 0 fully saturated rings. The number of halogens is 1. The van der Waals surface area contributed by atoms with Crippen molar-refractivity contribution in [3.63, 3.8) is 0 Å². The van der Waals surface area contributed by atoms with Gasteiger partial charge >= 0.3 is 0 Å². The van der Waals surface area contributed by atoms with Gasteiger partial charge in [-0.05, 0) is 37.8 Å². The molecule has 0 bridgehead atoms. The predicted octanol–water partition coefficient (Wildman–Crippen LogP) is 2.82. The van der Waals surface area contributed by atoms with Crippen LogP contribution in [-0.2, 0) is 0 Å². The van der Waals surface area contributed by atoms with Crippen LogP contribution in [0.5, 0.6) is 0 Å². The third kappa shape index (κ3) is 3.96. The zero-order valence-corrected chi connectivity index (χ0v) is 10.2. The Morgan fingerprint density at radius 3 is 2.71 bits per heavy atom. The van der Waals surface area contributed by atoms with Crippen molar-refractivity contribution < 1.29 is 5.11 Å². The van der Waals surface area contributed by atoms with Crippen LogP contribution in [0.2, 0.25) is 4.34 Å². The summed E-state index contributed by atoms with van der Waals surface area (Å²) >= 11 is 7.36. The van der Waals surface area contributed by atoms with Gasteiger partial charge < -0.3 is 10.4 Å². The molecule has 2 nitrogen and oxygen atoms in total. The lowest BCUT2D eigenvalue weighted by Crippen LogP contribution is -2.35. The topological polar surface area (TPSA) is 32.3 Å². The molecule has 0 amide bonds. The van der Waals surface area contributed by atoms with Crippen molar-refractivity contribution in [2.24, 2.45) is 0 Å². The first kappa shape index (κ1) is 12.0. The zero-order valence-electron chi connectivity index (χ0n) is 8.67. The maximum atomic E-state index is 9.53. The molecule has 0 radical (unpaired) electrons. The summed E-state index contributed by atoms with van der Waals surface area (Å²) in [5.74, 6) is 0. The van der Waals surface area contributed by atoms with Crippen LogP contribution in [0.15, 0.2) is 11.4 Å². The predicted molar refractivity (Wildman–Crippen MR) is 62.0 cm³/mol. The first-order valence-corrected chi connectivity index (χ1v) is 5.84. The molecule has 0 aromatic carbocycles. The van der Waals surface area contributed by atoms with Crippen molar-refractivity contribution in [2.75, 3.05) is 6.54 Å². The molecule has 80 valence electrons. The van der Waals surface area contributed by atoms with Gasteiger partial charge in [0, 0.05) is 12.6 Å². The molecule has 0 saturated carbocycles. The third-order valence-electron chi connectivity index (χ3n) is 1.93. The van der Waals surface area contributed by atoms with Gasteiger partial charge in [-0.1, -0.05) is 11.6 Å². The molecule has 0 saturated heterocycles. The Labute approximate surface area is 93.9 Å². The molecule has 4 heteroatoms. The van der Waals surface area contributed by atoms with Crippen molar-refractivity contribution >= 4 is 22.9 Å². The van der Waals surface area contributed by atoms with E-state index in [0.29, 0.717) is 6.54 Å². The molecule has 1 heterocycles. The summed E-state index contributed by atoms with van der Waals surface area (Å²) in [6.07, 6.45) is 0. The summed E-state index contributed by atoms with van der Waals surface area (Å²) in [5.41, 5.74) is 0.498. The van der Waals surface area contributed by atoms with Crippen LogP contribution in [0.3, 0.4) is 0 Å². The number of aliphatic hydroxyl groups is 1. The maximum absolute atomic E-state index is 9.53. The Balaban J connectivity index is 2.47. The van der Waals surface area contributed by atoms with Gasteiger partial charge in [-0.2, -0.15) is 0 Å². The average molecular weight is 234 g/mol. The average Bonchev–Trinajstić information content (AvgIpc) is 2.46. The molecule has 1 atom stereocenters. The largest absolute Gasteiger partial charge is 0.389 e. The van der Waals surface area contributed by atoms with Gasteiger partial charge in [-0.25, -0.2) is 0 Å². The highest BCUT2D eigenvalue weighted by molar-refractivity contribution is 7.14. The second-order valence-corrected chi connectivity index (χ2v) is 5.64. The zero-order chi connectivity index (χ0) is 10.8. The Kier molecular flexibility index (Phi) is 3.95. The monoisotopic (exact) mass is 233 g/mol. The van der Waals surface area contributed by atoms with Crippen LogP contribution in [0.1, 0.15) is 32.4 Å². The van der Waals surface area contributed by atoms with Crippen LogP contribution >= 0.6 is 22.9 Å². The van der Waals surface area contributed by atoms with E-state index >= 15 is 0 Å². The number of thiophene rings is 1. The highest BCUT2D eigenvalue weighted by Gasteiger charge is 2.14. The Morgan fingerprint density at radius 1 is 1.64 bits per heavy atom. The van der Waals surface area contributed by atoms with Crippen molar-refractivity contribution in [1.29, 1.82) is 0 Å². The van der Waals surface area contributed by atoms with Crippen molar-refractivity contribution in [1.82, 2.24) is 5.32 Å².